The molecule has 0 aliphatic heterocycles. The van der Waals surface area contributed by atoms with E-state index in [1.807, 2.05) is 18.2 Å². The highest BCUT2D eigenvalue weighted by Crippen LogP contribution is 2.20. The zero-order valence-electron chi connectivity index (χ0n) is 11.1. The highest BCUT2D eigenvalue weighted by atomic mass is 16.1. The van der Waals surface area contributed by atoms with Crippen molar-refractivity contribution in [3.8, 4) is 0 Å². The molecule has 5 heteroatoms. The Morgan fingerprint density at radius 3 is 2.95 bits per heavy atom. The van der Waals surface area contributed by atoms with Crippen molar-refractivity contribution in [1.82, 2.24) is 15.3 Å². The molecule has 3 rings (SSSR count). The highest BCUT2D eigenvalue weighted by molar-refractivity contribution is 5.77. The van der Waals surface area contributed by atoms with Crippen LogP contribution < -0.4 is 11.0 Å². The Hall–Kier alpha value is -2.30. The molecule has 1 aromatic heterocycles. The summed E-state index contributed by atoms with van der Waals surface area (Å²) in [6.07, 6.45) is 6.96. The number of allylic oxidation sites excluding steroid dienone is 2. The van der Waals surface area contributed by atoms with Crippen LogP contribution in [0.5, 0.6) is 0 Å². The molecule has 5 nitrogen and oxygen atoms in total. The minimum absolute atomic E-state index is 0.0733. The second-order valence-electron chi connectivity index (χ2n) is 5.21. The number of hydrogen-bond acceptors (Lipinski definition) is 2. The number of fused-ring (bicyclic) bond motifs is 1. The van der Waals surface area contributed by atoms with E-state index in [9.17, 15) is 9.59 Å². The molecule has 0 unspecified atom stereocenters. The molecule has 3 N–H and O–H groups in total. The molecule has 2 aromatic rings. The van der Waals surface area contributed by atoms with Crippen LogP contribution in [0.3, 0.4) is 0 Å². The average molecular weight is 271 g/mol. The lowest BCUT2D eigenvalue weighted by molar-refractivity contribution is -0.121. The van der Waals surface area contributed by atoms with Crippen molar-refractivity contribution < 1.29 is 4.79 Å². The van der Waals surface area contributed by atoms with Gasteiger partial charge >= 0.3 is 5.69 Å². The molecule has 1 aliphatic carbocycles. The number of amides is 1. The van der Waals surface area contributed by atoms with Crippen LogP contribution in [0.4, 0.5) is 0 Å². The van der Waals surface area contributed by atoms with Crippen LogP contribution in [0.2, 0.25) is 0 Å². The number of carbonyl (C=O) groups is 1. The largest absolute Gasteiger partial charge is 0.352 e. The first-order valence-electron chi connectivity index (χ1n) is 6.85. The Bertz CT molecular complexity index is 711. The highest BCUT2D eigenvalue weighted by Gasteiger charge is 2.13. The molecule has 1 atom stereocenters. The van der Waals surface area contributed by atoms with Gasteiger partial charge in [0.25, 0.3) is 0 Å². The summed E-state index contributed by atoms with van der Waals surface area (Å²) in [7, 11) is 0. The smallest absolute Gasteiger partial charge is 0.323 e. The van der Waals surface area contributed by atoms with E-state index >= 15 is 0 Å². The zero-order chi connectivity index (χ0) is 13.9. The van der Waals surface area contributed by atoms with Gasteiger partial charge in [-0.3, -0.25) is 4.79 Å². The van der Waals surface area contributed by atoms with Gasteiger partial charge in [0.05, 0.1) is 11.0 Å². The number of aromatic nitrogens is 2. The third-order valence-corrected chi connectivity index (χ3v) is 3.63. The Morgan fingerprint density at radius 2 is 2.15 bits per heavy atom. The summed E-state index contributed by atoms with van der Waals surface area (Å²) in [5.74, 6) is 0.461. The van der Waals surface area contributed by atoms with Crippen molar-refractivity contribution in [2.45, 2.75) is 25.8 Å². The minimum Gasteiger partial charge on any atom is -0.352 e. The van der Waals surface area contributed by atoms with E-state index in [4.69, 9.17) is 0 Å². The molecule has 0 fully saturated rings. The Kier molecular flexibility index (Phi) is 3.41. The van der Waals surface area contributed by atoms with Gasteiger partial charge in [-0.05, 0) is 36.5 Å². The van der Waals surface area contributed by atoms with Gasteiger partial charge < -0.3 is 15.3 Å². The third kappa shape index (κ3) is 2.82. The summed E-state index contributed by atoms with van der Waals surface area (Å²) in [6, 6.07) is 5.62. The number of aromatic amines is 2. The second kappa shape index (κ2) is 5.36. The summed E-state index contributed by atoms with van der Waals surface area (Å²) in [4.78, 5) is 28.4. The number of H-pyrrole nitrogens is 2. The van der Waals surface area contributed by atoms with E-state index in [0.29, 0.717) is 18.9 Å². The lowest BCUT2D eigenvalue weighted by Crippen LogP contribution is -2.24. The maximum atomic E-state index is 11.8. The maximum absolute atomic E-state index is 11.8. The summed E-state index contributed by atoms with van der Waals surface area (Å²) < 4.78 is 0. The molecule has 1 heterocycles. The predicted octanol–water partition coefficient (Wildman–Crippen LogP) is 1.83. The molecule has 20 heavy (non-hydrogen) atoms. The van der Waals surface area contributed by atoms with Crippen LogP contribution >= 0.6 is 0 Å². The van der Waals surface area contributed by atoms with Crippen molar-refractivity contribution >= 4 is 16.9 Å². The fourth-order valence-corrected chi connectivity index (χ4v) is 2.57. The molecule has 1 amide bonds. The maximum Gasteiger partial charge on any atom is 0.323 e. The second-order valence-corrected chi connectivity index (χ2v) is 5.21. The van der Waals surface area contributed by atoms with E-state index in [0.717, 1.165) is 29.4 Å². The molecule has 1 aliphatic rings. The standard InChI is InChI=1S/C15H17N3O2/c19-14(8-10-3-1-2-4-10)16-9-11-5-6-12-13(7-11)18-15(20)17-12/h1,3,5-7,10H,2,4,8-9H2,(H,16,19)(H2,17,18,20)/t10-/m1/s1. The van der Waals surface area contributed by atoms with Crippen LogP contribution in [-0.4, -0.2) is 15.9 Å². The molecule has 0 saturated heterocycles. The van der Waals surface area contributed by atoms with Crippen LogP contribution in [-0.2, 0) is 11.3 Å². The van der Waals surface area contributed by atoms with Crippen molar-refractivity contribution in [3.63, 3.8) is 0 Å². The van der Waals surface area contributed by atoms with Gasteiger partial charge in [0.1, 0.15) is 0 Å². The minimum atomic E-state index is -0.214. The number of imidazole rings is 1. The van der Waals surface area contributed by atoms with E-state index in [-0.39, 0.29) is 11.6 Å². The van der Waals surface area contributed by atoms with Gasteiger partial charge in [-0.2, -0.15) is 0 Å². The third-order valence-electron chi connectivity index (χ3n) is 3.63. The van der Waals surface area contributed by atoms with Gasteiger partial charge in [-0.25, -0.2) is 4.79 Å². The number of nitrogens with one attached hydrogen (secondary N) is 3. The van der Waals surface area contributed by atoms with E-state index in [1.54, 1.807) is 0 Å². The van der Waals surface area contributed by atoms with Gasteiger partial charge in [0.15, 0.2) is 0 Å². The summed E-state index contributed by atoms with van der Waals surface area (Å²) in [5, 5.41) is 2.92. The molecular weight excluding hydrogens is 254 g/mol. The molecule has 104 valence electrons. The van der Waals surface area contributed by atoms with Gasteiger partial charge in [-0.15, -0.1) is 0 Å². The fraction of sp³-hybridized carbons (Fsp3) is 0.333. The van der Waals surface area contributed by atoms with E-state index in [1.165, 1.54) is 0 Å². The Balaban J connectivity index is 1.59. The predicted molar refractivity (Wildman–Crippen MR) is 77.2 cm³/mol. The van der Waals surface area contributed by atoms with Crippen molar-refractivity contribution in [2.75, 3.05) is 0 Å². The normalized spacial score (nSPS) is 17.7. The fourth-order valence-electron chi connectivity index (χ4n) is 2.57. The molecule has 0 spiro atoms. The summed E-state index contributed by atoms with van der Waals surface area (Å²) in [5.41, 5.74) is 2.30. The van der Waals surface area contributed by atoms with Gasteiger partial charge in [-0.1, -0.05) is 18.2 Å². The number of benzene rings is 1. The molecule has 0 saturated carbocycles. The number of hydrogen-bond donors (Lipinski definition) is 3. The van der Waals surface area contributed by atoms with Gasteiger partial charge in [0.2, 0.25) is 5.91 Å². The lowest BCUT2D eigenvalue weighted by Gasteiger charge is -2.08. The number of rotatable bonds is 4. The van der Waals surface area contributed by atoms with Crippen LogP contribution in [0.15, 0.2) is 35.1 Å². The van der Waals surface area contributed by atoms with Crippen LogP contribution in [0.1, 0.15) is 24.8 Å². The molecular formula is C15H17N3O2. The quantitative estimate of drug-likeness (QED) is 0.742. The van der Waals surface area contributed by atoms with Crippen molar-refractivity contribution in [2.24, 2.45) is 5.92 Å². The van der Waals surface area contributed by atoms with Gasteiger partial charge in [0, 0.05) is 13.0 Å². The molecule has 0 bridgehead atoms. The van der Waals surface area contributed by atoms with E-state index < -0.39 is 0 Å². The first kappa shape index (κ1) is 12.7. The van der Waals surface area contributed by atoms with Crippen LogP contribution in [0.25, 0.3) is 11.0 Å². The van der Waals surface area contributed by atoms with Crippen LogP contribution in [0, 0.1) is 5.92 Å². The Morgan fingerprint density at radius 1 is 1.30 bits per heavy atom. The van der Waals surface area contributed by atoms with E-state index in [2.05, 4.69) is 27.4 Å². The SMILES string of the molecule is O=C(C[C@@H]1C=CCC1)NCc1ccc2[nH]c(=O)[nH]c2c1. The summed E-state index contributed by atoms with van der Waals surface area (Å²) in [6.45, 7) is 0.485. The van der Waals surface area contributed by atoms with Crippen molar-refractivity contribution in [1.29, 1.82) is 0 Å². The lowest BCUT2D eigenvalue weighted by atomic mass is 10.1. The first-order chi connectivity index (χ1) is 9.70. The molecule has 1 aromatic carbocycles. The Labute approximate surface area is 116 Å². The monoisotopic (exact) mass is 271 g/mol. The topological polar surface area (TPSA) is 77.8 Å². The zero-order valence-corrected chi connectivity index (χ0v) is 11.1. The number of carbonyl (C=O) groups excluding carboxylic acids is 1. The first-order valence-corrected chi connectivity index (χ1v) is 6.85. The summed E-state index contributed by atoms with van der Waals surface area (Å²) >= 11 is 0. The van der Waals surface area contributed by atoms with Crippen molar-refractivity contribution in [3.05, 3.63) is 46.4 Å². The average Bonchev–Trinajstić information content (AvgIpc) is 3.04. The molecule has 0 radical (unpaired) electrons.